The molecule has 0 saturated heterocycles. The van der Waals surface area contributed by atoms with E-state index in [-0.39, 0.29) is 11.1 Å². The Morgan fingerprint density at radius 3 is 1.88 bits per heavy atom. The number of carboxylic acid groups (broad SMARTS) is 1. The molecule has 10 nitrogen and oxygen atoms in total. The van der Waals surface area contributed by atoms with E-state index in [0.29, 0.717) is 4.90 Å². The van der Waals surface area contributed by atoms with E-state index >= 15 is 0 Å². The van der Waals surface area contributed by atoms with Gasteiger partial charge in [-0.15, -0.1) is 0 Å². The van der Waals surface area contributed by atoms with Crippen LogP contribution in [0.3, 0.4) is 0 Å². The van der Waals surface area contributed by atoms with Crippen LogP contribution in [0.4, 0.5) is 0 Å². The maximum absolute atomic E-state index is 12.8. The van der Waals surface area contributed by atoms with Crippen LogP contribution >= 0.6 is 0 Å². The monoisotopic (exact) mass is 480 g/mol. The molecule has 0 spiro atoms. The number of aliphatic carboxylic acids is 1. The summed E-state index contributed by atoms with van der Waals surface area (Å²) in [6, 6.07) is 9.24. The van der Waals surface area contributed by atoms with Gasteiger partial charge in [0, 0.05) is 18.7 Å². The number of carbonyl (C=O) groups excluding carboxylic acids is 2. The fraction of sp³-hybridized carbons (Fsp3) is 0.250. The van der Waals surface area contributed by atoms with Crippen LogP contribution in [-0.4, -0.2) is 63.5 Å². The first kappa shape index (κ1) is 23.6. The van der Waals surface area contributed by atoms with Gasteiger partial charge in [0.05, 0.1) is 16.0 Å². The Balaban J connectivity index is 1.86. The molecule has 2 amide bonds. The maximum Gasteiger partial charge on any atom is 0.327 e. The Bertz CT molecular complexity index is 1280. The number of imide groups is 1. The maximum atomic E-state index is 12.8. The lowest BCUT2D eigenvalue weighted by molar-refractivity contribution is -0.143. The Morgan fingerprint density at radius 1 is 0.938 bits per heavy atom. The molecule has 2 aromatic carbocycles. The number of sulfonamides is 1. The van der Waals surface area contributed by atoms with Gasteiger partial charge in [-0.1, -0.05) is 31.2 Å². The number of hydrogen-bond donors (Lipinski definition) is 2. The number of rotatable bonds is 8. The van der Waals surface area contributed by atoms with Gasteiger partial charge in [-0.2, -0.15) is 0 Å². The van der Waals surface area contributed by atoms with Crippen molar-refractivity contribution >= 4 is 37.6 Å². The second kappa shape index (κ2) is 8.45. The molecule has 0 aromatic heterocycles. The predicted molar refractivity (Wildman–Crippen MR) is 112 cm³/mol. The number of hydrogen-bond acceptors (Lipinski definition) is 7. The second-order valence-electron chi connectivity index (χ2n) is 7.36. The van der Waals surface area contributed by atoms with Crippen molar-refractivity contribution in [2.75, 3.05) is 12.8 Å². The predicted octanol–water partition coefficient (Wildman–Crippen LogP) is 0.754. The minimum Gasteiger partial charge on any atom is -0.480 e. The topological polar surface area (TPSA) is 155 Å². The molecule has 1 aliphatic heterocycles. The SMILES string of the molecule is CC(CNS(=O)(=O)c1ccccc1S(C)(=O)=O)[C@@H](C(=O)O)N1C(=O)c2ccccc2C1=O. The summed E-state index contributed by atoms with van der Waals surface area (Å²) in [5, 5.41) is 9.71. The van der Waals surface area contributed by atoms with Crippen molar-refractivity contribution in [2.45, 2.75) is 22.8 Å². The van der Waals surface area contributed by atoms with E-state index in [1.165, 1.54) is 31.2 Å². The highest BCUT2D eigenvalue weighted by molar-refractivity contribution is 7.93. The first-order valence-electron chi connectivity index (χ1n) is 9.34. The Hall–Kier alpha value is -3.09. The molecule has 0 saturated carbocycles. The third kappa shape index (κ3) is 4.29. The highest BCUT2D eigenvalue weighted by Gasteiger charge is 2.45. The van der Waals surface area contributed by atoms with Gasteiger partial charge in [-0.05, 0) is 24.3 Å². The number of nitrogens with one attached hydrogen (secondary N) is 1. The van der Waals surface area contributed by atoms with Crippen molar-refractivity contribution < 1.29 is 36.3 Å². The molecule has 170 valence electrons. The summed E-state index contributed by atoms with van der Waals surface area (Å²) >= 11 is 0. The number of carboxylic acids is 1. The average Bonchev–Trinajstić information content (AvgIpc) is 2.97. The molecule has 1 unspecified atom stereocenters. The van der Waals surface area contributed by atoms with Crippen LogP contribution in [0, 0.1) is 5.92 Å². The Morgan fingerprint density at radius 2 is 1.41 bits per heavy atom. The Kier molecular flexibility index (Phi) is 6.22. The zero-order chi connectivity index (χ0) is 23.8. The Labute approximate surface area is 184 Å². The fourth-order valence-corrected chi connectivity index (χ4v) is 6.25. The summed E-state index contributed by atoms with van der Waals surface area (Å²) in [7, 11) is -8.20. The minimum absolute atomic E-state index is 0.0682. The molecule has 0 fully saturated rings. The highest BCUT2D eigenvalue weighted by atomic mass is 32.2. The number of sulfone groups is 1. The van der Waals surface area contributed by atoms with Crippen molar-refractivity contribution in [3.05, 3.63) is 59.7 Å². The summed E-state index contributed by atoms with van der Waals surface area (Å²) in [6.45, 7) is 0.901. The van der Waals surface area contributed by atoms with Crippen LogP contribution < -0.4 is 4.72 Å². The van der Waals surface area contributed by atoms with Gasteiger partial charge < -0.3 is 5.11 Å². The summed E-state index contributed by atoms with van der Waals surface area (Å²) in [5.41, 5.74) is 0.136. The van der Waals surface area contributed by atoms with Gasteiger partial charge in [0.2, 0.25) is 10.0 Å². The molecule has 1 heterocycles. The quantitative estimate of drug-likeness (QED) is 0.525. The van der Waals surface area contributed by atoms with Gasteiger partial charge >= 0.3 is 5.97 Å². The first-order chi connectivity index (χ1) is 14.9. The smallest absolute Gasteiger partial charge is 0.327 e. The lowest BCUT2D eigenvalue weighted by Crippen LogP contribution is -2.51. The molecule has 32 heavy (non-hydrogen) atoms. The lowest BCUT2D eigenvalue weighted by Gasteiger charge is -2.28. The van der Waals surface area contributed by atoms with Crippen molar-refractivity contribution in [3.63, 3.8) is 0 Å². The number of nitrogens with zero attached hydrogens (tertiary/aromatic N) is 1. The van der Waals surface area contributed by atoms with Crippen LogP contribution in [-0.2, 0) is 24.7 Å². The minimum atomic E-state index is -4.34. The standard InChI is InChI=1S/C20H20N2O8S2/c1-12(11-21-32(29,30)16-10-6-5-9-15(16)31(2,27)28)17(20(25)26)22-18(23)13-7-3-4-8-14(13)19(22)24/h3-10,12,17,21H,11H2,1-2H3,(H,25,26)/t12?,17-/m0/s1. The van der Waals surface area contributed by atoms with Crippen LogP contribution in [0.25, 0.3) is 0 Å². The van der Waals surface area contributed by atoms with Gasteiger partial charge in [0.25, 0.3) is 11.8 Å². The van der Waals surface area contributed by atoms with E-state index in [0.717, 1.165) is 18.4 Å². The highest BCUT2D eigenvalue weighted by Crippen LogP contribution is 2.27. The van der Waals surface area contributed by atoms with E-state index in [1.54, 1.807) is 12.1 Å². The molecule has 2 atom stereocenters. The average molecular weight is 481 g/mol. The molecule has 12 heteroatoms. The molecule has 0 aliphatic carbocycles. The zero-order valence-electron chi connectivity index (χ0n) is 17.0. The summed E-state index contributed by atoms with van der Waals surface area (Å²) < 4.78 is 51.6. The van der Waals surface area contributed by atoms with Crippen LogP contribution in [0.2, 0.25) is 0 Å². The van der Waals surface area contributed by atoms with Crippen molar-refractivity contribution in [1.29, 1.82) is 0 Å². The summed E-state index contributed by atoms with van der Waals surface area (Å²) in [5.74, 6) is -4.08. The van der Waals surface area contributed by atoms with E-state index < -0.39 is 65.9 Å². The van der Waals surface area contributed by atoms with Crippen LogP contribution in [0.15, 0.2) is 58.3 Å². The van der Waals surface area contributed by atoms with E-state index in [2.05, 4.69) is 4.72 Å². The number of fused-ring (bicyclic) bond motifs is 1. The fourth-order valence-electron chi connectivity index (χ4n) is 3.48. The van der Waals surface area contributed by atoms with Crippen molar-refractivity contribution in [3.8, 4) is 0 Å². The number of amides is 2. The van der Waals surface area contributed by atoms with E-state index in [1.807, 2.05) is 0 Å². The zero-order valence-corrected chi connectivity index (χ0v) is 18.7. The largest absolute Gasteiger partial charge is 0.480 e. The molecule has 1 aliphatic rings. The van der Waals surface area contributed by atoms with E-state index in [4.69, 9.17) is 0 Å². The second-order valence-corrected chi connectivity index (χ2v) is 11.1. The molecule has 0 bridgehead atoms. The first-order valence-corrected chi connectivity index (χ1v) is 12.7. The van der Waals surface area contributed by atoms with Crippen LogP contribution in [0.1, 0.15) is 27.6 Å². The number of benzene rings is 2. The van der Waals surface area contributed by atoms with Gasteiger partial charge in [0.15, 0.2) is 9.84 Å². The summed E-state index contributed by atoms with van der Waals surface area (Å²) in [4.78, 5) is 37.0. The number of carbonyl (C=O) groups is 3. The molecule has 3 rings (SSSR count). The van der Waals surface area contributed by atoms with E-state index in [9.17, 15) is 36.3 Å². The molecule has 2 aromatic rings. The van der Waals surface area contributed by atoms with Crippen LogP contribution in [0.5, 0.6) is 0 Å². The molecular weight excluding hydrogens is 460 g/mol. The lowest BCUT2D eigenvalue weighted by atomic mass is 10.0. The summed E-state index contributed by atoms with van der Waals surface area (Å²) in [6.07, 6.45) is 0.868. The van der Waals surface area contributed by atoms with Gasteiger partial charge in [0.1, 0.15) is 10.9 Å². The third-order valence-corrected chi connectivity index (χ3v) is 7.80. The van der Waals surface area contributed by atoms with Gasteiger partial charge in [-0.25, -0.2) is 26.4 Å². The van der Waals surface area contributed by atoms with Crippen molar-refractivity contribution in [2.24, 2.45) is 5.92 Å². The van der Waals surface area contributed by atoms with Gasteiger partial charge in [-0.3, -0.25) is 14.5 Å². The molecule has 0 radical (unpaired) electrons. The third-order valence-electron chi connectivity index (χ3n) is 5.03. The normalized spacial score (nSPS) is 16.0. The molecule has 2 N–H and O–H groups in total. The molecular formula is C20H20N2O8S2. The van der Waals surface area contributed by atoms with Crippen molar-refractivity contribution in [1.82, 2.24) is 9.62 Å².